The van der Waals surface area contributed by atoms with Crippen LogP contribution < -0.4 is 5.32 Å². The lowest BCUT2D eigenvalue weighted by Gasteiger charge is -2.05. The quantitative estimate of drug-likeness (QED) is 0.590. The summed E-state index contributed by atoms with van der Waals surface area (Å²) in [6.07, 6.45) is 4.24. The Balaban J connectivity index is 3.10. The molecule has 0 aromatic heterocycles. The summed E-state index contributed by atoms with van der Waals surface area (Å²) in [5.74, 6) is 0. The van der Waals surface area contributed by atoms with Crippen LogP contribution in [0.4, 0.5) is 4.79 Å². The second-order valence-corrected chi connectivity index (χ2v) is 3.20. The van der Waals surface area contributed by atoms with Gasteiger partial charge in [-0.05, 0) is 25.7 Å². The van der Waals surface area contributed by atoms with Crippen molar-refractivity contribution in [1.29, 1.82) is 0 Å². The number of carbonyl (C=O) groups excluding carboxylic acids is 1. The molecule has 0 rings (SSSR count). The van der Waals surface area contributed by atoms with E-state index >= 15 is 0 Å². The number of rotatable bonds is 8. The maximum Gasteiger partial charge on any atom is 0.407 e. The van der Waals surface area contributed by atoms with E-state index in [1.165, 1.54) is 0 Å². The van der Waals surface area contributed by atoms with Gasteiger partial charge in [0.15, 0.2) is 0 Å². The van der Waals surface area contributed by atoms with E-state index in [1.54, 1.807) is 0 Å². The molecule has 0 saturated carbocycles. The van der Waals surface area contributed by atoms with Crippen molar-refractivity contribution in [2.24, 2.45) is 0 Å². The fourth-order valence-corrected chi connectivity index (χ4v) is 0.964. The maximum atomic E-state index is 11.0. The predicted octanol–water partition coefficient (Wildman–Crippen LogP) is 1.68. The Morgan fingerprint density at radius 2 is 2.07 bits per heavy atom. The molecule has 0 unspecified atom stereocenters. The molecule has 84 valence electrons. The molecule has 14 heavy (non-hydrogen) atoms. The van der Waals surface area contributed by atoms with E-state index in [2.05, 4.69) is 12.2 Å². The zero-order valence-corrected chi connectivity index (χ0v) is 8.92. The Kier molecular flexibility index (Phi) is 9.74. The van der Waals surface area contributed by atoms with Gasteiger partial charge in [0.25, 0.3) is 0 Å². The van der Waals surface area contributed by atoms with E-state index in [9.17, 15) is 4.79 Å². The normalized spacial score (nSPS) is 9.86. The molecule has 0 atom stereocenters. The molecule has 0 aromatic rings. The smallest absolute Gasteiger partial charge is 0.407 e. The van der Waals surface area contributed by atoms with E-state index < -0.39 is 0 Å². The second kappa shape index (κ2) is 10.3. The highest BCUT2D eigenvalue weighted by molar-refractivity contribution is 5.66. The van der Waals surface area contributed by atoms with Gasteiger partial charge in [0.1, 0.15) is 0 Å². The van der Waals surface area contributed by atoms with Gasteiger partial charge in [0, 0.05) is 13.2 Å². The second-order valence-electron chi connectivity index (χ2n) is 3.20. The molecule has 0 heterocycles. The third-order valence-electron chi connectivity index (χ3n) is 1.84. The number of hydrogen-bond donors (Lipinski definition) is 2. The number of alkyl carbamates (subject to hydrolysis) is 1. The van der Waals surface area contributed by atoms with Crippen LogP contribution in [-0.2, 0) is 4.74 Å². The van der Waals surface area contributed by atoms with Gasteiger partial charge in [-0.2, -0.15) is 0 Å². The molecule has 0 aliphatic rings. The summed E-state index contributed by atoms with van der Waals surface area (Å²) in [6.45, 7) is 3.40. The fourth-order valence-electron chi connectivity index (χ4n) is 0.964. The monoisotopic (exact) mass is 203 g/mol. The Morgan fingerprint density at radius 3 is 2.71 bits per heavy atom. The summed E-state index contributed by atoms with van der Waals surface area (Å²) in [7, 11) is 0. The molecule has 0 bridgehead atoms. The average Bonchev–Trinajstić information content (AvgIpc) is 2.18. The summed E-state index contributed by atoms with van der Waals surface area (Å²) in [5, 5.41) is 11.2. The standard InChI is InChI=1S/C10H21NO3/c1-2-3-9-14-10(13)11-7-5-4-6-8-12/h12H,2-9H2,1H3,(H,11,13). The first kappa shape index (κ1) is 13.2. The Morgan fingerprint density at radius 1 is 1.29 bits per heavy atom. The van der Waals surface area contributed by atoms with Crippen LogP contribution >= 0.6 is 0 Å². The first-order chi connectivity index (χ1) is 6.81. The molecule has 0 aliphatic carbocycles. The summed E-state index contributed by atoms with van der Waals surface area (Å²) >= 11 is 0. The minimum Gasteiger partial charge on any atom is -0.450 e. The van der Waals surface area contributed by atoms with E-state index in [0.717, 1.165) is 32.1 Å². The van der Waals surface area contributed by atoms with Crippen LogP contribution in [0, 0.1) is 0 Å². The number of ether oxygens (including phenoxy) is 1. The molecule has 0 saturated heterocycles. The third kappa shape index (κ3) is 9.32. The van der Waals surface area contributed by atoms with Gasteiger partial charge in [0.05, 0.1) is 6.61 Å². The molecule has 0 aromatic carbocycles. The zero-order chi connectivity index (χ0) is 10.6. The number of carbonyl (C=O) groups is 1. The van der Waals surface area contributed by atoms with Gasteiger partial charge in [0.2, 0.25) is 0 Å². The molecule has 2 N–H and O–H groups in total. The van der Waals surface area contributed by atoms with Crippen molar-refractivity contribution in [2.45, 2.75) is 39.0 Å². The van der Waals surface area contributed by atoms with Crippen molar-refractivity contribution >= 4 is 6.09 Å². The van der Waals surface area contributed by atoms with Gasteiger partial charge < -0.3 is 15.2 Å². The zero-order valence-electron chi connectivity index (χ0n) is 8.92. The number of amides is 1. The van der Waals surface area contributed by atoms with Gasteiger partial charge >= 0.3 is 6.09 Å². The minimum absolute atomic E-state index is 0.223. The Bertz CT molecular complexity index is 139. The molecule has 0 radical (unpaired) electrons. The highest BCUT2D eigenvalue weighted by Crippen LogP contribution is 1.93. The lowest BCUT2D eigenvalue weighted by atomic mass is 10.2. The summed E-state index contributed by atoms with van der Waals surface area (Å²) < 4.78 is 4.89. The van der Waals surface area contributed by atoms with E-state index in [0.29, 0.717) is 13.2 Å². The van der Waals surface area contributed by atoms with Gasteiger partial charge in [-0.25, -0.2) is 4.79 Å². The largest absolute Gasteiger partial charge is 0.450 e. The number of hydrogen-bond acceptors (Lipinski definition) is 3. The third-order valence-corrected chi connectivity index (χ3v) is 1.84. The van der Waals surface area contributed by atoms with Crippen LogP contribution in [-0.4, -0.2) is 31.0 Å². The molecule has 4 nitrogen and oxygen atoms in total. The number of aliphatic hydroxyl groups is 1. The summed E-state index contributed by atoms with van der Waals surface area (Å²) in [4.78, 5) is 11.0. The SMILES string of the molecule is CCCCOC(=O)NCCCCCO. The minimum atomic E-state index is -0.331. The van der Waals surface area contributed by atoms with Crippen LogP contribution in [0.2, 0.25) is 0 Å². The van der Waals surface area contributed by atoms with Gasteiger partial charge in [-0.15, -0.1) is 0 Å². The van der Waals surface area contributed by atoms with E-state index in [1.807, 2.05) is 0 Å². The van der Waals surface area contributed by atoms with Crippen molar-refractivity contribution in [1.82, 2.24) is 5.32 Å². The van der Waals surface area contributed by atoms with Crippen molar-refractivity contribution < 1.29 is 14.6 Å². The van der Waals surface area contributed by atoms with E-state index in [4.69, 9.17) is 9.84 Å². The van der Waals surface area contributed by atoms with Crippen molar-refractivity contribution in [2.75, 3.05) is 19.8 Å². The average molecular weight is 203 g/mol. The molecule has 0 fully saturated rings. The number of unbranched alkanes of at least 4 members (excludes halogenated alkanes) is 3. The lowest BCUT2D eigenvalue weighted by Crippen LogP contribution is -2.25. The Labute approximate surface area is 85.6 Å². The van der Waals surface area contributed by atoms with E-state index in [-0.39, 0.29) is 12.7 Å². The first-order valence-corrected chi connectivity index (χ1v) is 5.32. The van der Waals surface area contributed by atoms with Crippen molar-refractivity contribution in [3.8, 4) is 0 Å². The van der Waals surface area contributed by atoms with Crippen molar-refractivity contribution in [3.63, 3.8) is 0 Å². The van der Waals surface area contributed by atoms with Crippen LogP contribution in [0.15, 0.2) is 0 Å². The topological polar surface area (TPSA) is 58.6 Å². The number of aliphatic hydroxyl groups excluding tert-OH is 1. The van der Waals surface area contributed by atoms with Crippen LogP contribution in [0.3, 0.4) is 0 Å². The van der Waals surface area contributed by atoms with Gasteiger partial charge in [-0.1, -0.05) is 13.3 Å². The predicted molar refractivity (Wildman–Crippen MR) is 55.2 cm³/mol. The molecule has 1 amide bonds. The van der Waals surface area contributed by atoms with Crippen LogP contribution in [0.5, 0.6) is 0 Å². The summed E-state index contributed by atoms with van der Waals surface area (Å²) in [5.41, 5.74) is 0. The summed E-state index contributed by atoms with van der Waals surface area (Å²) in [6, 6.07) is 0. The Hall–Kier alpha value is -0.770. The first-order valence-electron chi connectivity index (χ1n) is 5.32. The molecule has 0 aliphatic heterocycles. The number of nitrogens with one attached hydrogen (secondary N) is 1. The maximum absolute atomic E-state index is 11.0. The molecule has 4 heteroatoms. The molecule has 0 spiro atoms. The lowest BCUT2D eigenvalue weighted by molar-refractivity contribution is 0.144. The molecular formula is C10H21NO3. The van der Waals surface area contributed by atoms with Crippen LogP contribution in [0.1, 0.15) is 39.0 Å². The molecular weight excluding hydrogens is 182 g/mol. The highest BCUT2D eigenvalue weighted by atomic mass is 16.5. The van der Waals surface area contributed by atoms with Crippen LogP contribution in [0.25, 0.3) is 0 Å². The highest BCUT2D eigenvalue weighted by Gasteiger charge is 1.99. The van der Waals surface area contributed by atoms with Crippen molar-refractivity contribution in [3.05, 3.63) is 0 Å². The van der Waals surface area contributed by atoms with Gasteiger partial charge in [-0.3, -0.25) is 0 Å². The fraction of sp³-hybridized carbons (Fsp3) is 0.900.